The minimum absolute atomic E-state index is 0.114. The van der Waals surface area contributed by atoms with Gasteiger partial charge in [-0.2, -0.15) is 4.98 Å². The van der Waals surface area contributed by atoms with Crippen LogP contribution < -0.4 is 15.5 Å². The highest BCUT2D eigenvalue weighted by Crippen LogP contribution is 2.22. The minimum atomic E-state index is -3.31. The smallest absolute Gasteiger partial charge is 0.229 e. The first kappa shape index (κ1) is 26.3. The van der Waals surface area contributed by atoms with Gasteiger partial charge in [-0.05, 0) is 52.1 Å². The summed E-state index contributed by atoms with van der Waals surface area (Å²) in [7, 11) is -1.16. The zero-order chi connectivity index (χ0) is 25.6. The van der Waals surface area contributed by atoms with Gasteiger partial charge in [0.05, 0.1) is 10.8 Å². The lowest BCUT2D eigenvalue weighted by Crippen LogP contribution is -2.44. The van der Waals surface area contributed by atoms with Crippen LogP contribution in [-0.2, 0) is 9.84 Å². The fourth-order valence-corrected chi connectivity index (χ4v) is 4.18. The molecule has 0 bridgehead atoms. The molecule has 1 unspecified atom stereocenters. The van der Waals surface area contributed by atoms with Gasteiger partial charge in [-0.1, -0.05) is 18.4 Å². The quantitative estimate of drug-likeness (QED) is 0.562. The molecule has 2 heterocycles. The molecule has 0 spiro atoms. The largest absolute Gasteiger partial charge is 0.369 e. The minimum Gasteiger partial charge on any atom is -0.369 e. The van der Waals surface area contributed by atoms with Gasteiger partial charge in [0, 0.05) is 67.3 Å². The second-order valence-corrected chi connectivity index (χ2v) is 11.0. The number of rotatable bonds is 7. The van der Waals surface area contributed by atoms with Crippen molar-refractivity contribution in [3.8, 4) is 11.8 Å². The van der Waals surface area contributed by atoms with Crippen LogP contribution in [0.1, 0.15) is 19.4 Å². The number of sulfone groups is 1. The molecule has 0 aliphatic carbocycles. The van der Waals surface area contributed by atoms with E-state index in [-0.39, 0.29) is 4.91 Å². The average molecular weight is 495 g/mol. The van der Waals surface area contributed by atoms with E-state index in [9.17, 15) is 8.42 Å². The first-order valence-electron chi connectivity index (χ1n) is 11.5. The first-order chi connectivity index (χ1) is 16.5. The fraction of sp³-hybridized carbons (Fsp3) is 0.385. The number of allylic oxidation sites excluding steroid dienone is 3. The topological polar surface area (TPSA) is 90.5 Å². The zero-order valence-electron chi connectivity index (χ0n) is 21.1. The molecular weight excluding hydrogens is 460 g/mol. The third kappa shape index (κ3) is 7.57. The summed E-state index contributed by atoms with van der Waals surface area (Å²) in [5, 5.41) is 6.51. The van der Waals surface area contributed by atoms with Crippen LogP contribution in [0.2, 0.25) is 0 Å². The lowest BCUT2D eigenvalue weighted by Gasteiger charge is -2.34. The third-order valence-electron chi connectivity index (χ3n) is 5.83. The number of likely N-dealkylation sites (N-methyl/N-ethyl adjacent to an activating group) is 1. The van der Waals surface area contributed by atoms with Crippen LogP contribution in [-0.4, -0.2) is 62.8 Å². The Labute approximate surface area is 209 Å². The van der Waals surface area contributed by atoms with Crippen LogP contribution in [0.15, 0.2) is 53.7 Å². The van der Waals surface area contributed by atoms with Crippen LogP contribution in [0.4, 0.5) is 23.1 Å². The SMILES string of the molecule is C=C(C(C)C#C/C=C(\C)Nc1nc(Nc2ccc(N3CCN(C)CC3)cc2)ncc1C)S(C)(=O)=O. The van der Waals surface area contributed by atoms with Gasteiger partial charge in [0.2, 0.25) is 5.95 Å². The molecule has 1 atom stereocenters. The summed E-state index contributed by atoms with van der Waals surface area (Å²) in [5.41, 5.74) is 3.79. The van der Waals surface area contributed by atoms with E-state index in [1.807, 2.05) is 26.0 Å². The Kier molecular flexibility index (Phi) is 8.54. The number of aryl methyl sites for hydroxylation is 1. The van der Waals surface area contributed by atoms with Crippen LogP contribution in [0.25, 0.3) is 0 Å². The van der Waals surface area contributed by atoms with E-state index in [2.05, 4.69) is 68.0 Å². The lowest BCUT2D eigenvalue weighted by molar-refractivity contribution is 0.313. The van der Waals surface area contributed by atoms with Crippen molar-refractivity contribution in [3.05, 3.63) is 59.3 Å². The number of piperazine rings is 1. The van der Waals surface area contributed by atoms with Crippen molar-refractivity contribution in [2.24, 2.45) is 5.92 Å². The molecule has 1 aromatic carbocycles. The summed E-state index contributed by atoms with van der Waals surface area (Å²) in [5.74, 6) is 6.50. The Morgan fingerprint density at radius 1 is 1.20 bits per heavy atom. The van der Waals surface area contributed by atoms with Gasteiger partial charge in [-0.25, -0.2) is 13.4 Å². The first-order valence-corrected chi connectivity index (χ1v) is 13.4. The van der Waals surface area contributed by atoms with Crippen LogP contribution in [0.5, 0.6) is 0 Å². The molecule has 3 rings (SSSR count). The van der Waals surface area contributed by atoms with Crippen molar-refractivity contribution in [1.82, 2.24) is 14.9 Å². The molecule has 8 nitrogen and oxygen atoms in total. The predicted octanol–water partition coefficient (Wildman–Crippen LogP) is 3.79. The lowest BCUT2D eigenvalue weighted by atomic mass is 10.2. The van der Waals surface area contributed by atoms with E-state index in [0.717, 1.165) is 49.4 Å². The Morgan fingerprint density at radius 3 is 2.49 bits per heavy atom. The number of anilines is 4. The number of hydrogen-bond acceptors (Lipinski definition) is 8. The molecule has 9 heteroatoms. The molecule has 1 aliphatic heterocycles. The summed E-state index contributed by atoms with van der Waals surface area (Å²) >= 11 is 0. The maximum Gasteiger partial charge on any atom is 0.229 e. The molecule has 1 saturated heterocycles. The van der Waals surface area contributed by atoms with E-state index in [1.54, 1.807) is 19.2 Å². The molecule has 0 amide bonds. The Balaban J connectivity index is 1.64. The fourth-order valence-electron chi connectivity index (χ4n) is 3.48. The van der Waals surface area contributed by atoms with E-state index in [1.165, 1.54) is 5.69 Å². The van der Waals surface area contributed by atoms with Crippen molar-refractivity contribution < 1.29 is 8.42 Å². The molecule has 35 heavy (non-hydrogen) atoms. The normalized spacial score (nSPS) is 15.7. The summed E-state index contributed by atoms with van der Waals surface area (Å²) < 4.78 is 23.2. The maximum absolute atomic E-state index is 11.6. The van der Waals surface area contributed by atoms with E-state index >= 15 is 0 Å². The van der Waals surface area contributed by atoms with Gasteiger partial charge in [0.1, 0.15) is 5.82 Å². The number of aromatic nitrogens is 2. The van der Waals surface area contributed by atoms with Crippen molar-refractivity contribution in [2.75, 3.05) is 55.0 Å². The highest BCUT2D eigenvalue weighted by atomic mass is 32.2. The van der Waals surface area contributed by atoms with E-state index in [4.69, 9.17) is 0 Å². The summed E-state index contributed by atoms with van der Waals surface area (Å²) in [4.78, 5) is 13.8. The Hall–Kier alpha value is -3.35. The molecule has 1 aliphatic rings. The number of benzene rings is 1. The highest BCUT2D eigenvalue weighted by molar-refractivity contribution is 7.94. The molecule has 1 aromatic heterocycles. The number of nitrogens with zero attached hydrogens (tertiary/aromatic N) is 4. The van der Waals surface area contributed by atoms with E-state index in [0.29, 0.717) is 11.8 Å². The number of nitrogens with one attached hydrogen (secondary N) is 2. The molecule has 2 aromatic rings. The van der Waals surface area contributed by atoms with Crippen LogP contribution >= 0.6 is 0 Å². The van der Waals surface area contributed by atoms with Gasteiger partial charge in [0.25, 0.3) is 0 Å². The van der Waals surface area contributed by atoms with Crippen LogP contribution in [0, 0.1) is 24.7 Å². The van der Waals surface area contributed by atoms with Gasteiger partial charge in [-0.3, -0.25) is 0 Å². The summed E-state index contributed by atoms with van der Waals surface area (Å²) in [6, 6.07) is 8.31. The summed E-state index contributed by atoms with van der Waals surface area (Å²) in [6.07, 6.45) is 4.59. The molecule has 2 N–H and O–H groups in total. The van der Waals surface area contributed by atoms with Gasteiger partial charge in [0.15, 0.2) is 9.84 Å². The molecule has 0 radical (unpaired) electrons. The third-order valence-corrected chi connectivity index (χ3v) is 7.13. The van der Waals surface area contributed by atoms with E-state index < -0.39 is 15.8 Å². The van der Waals surface area contributed by atoms with Crippen molar-refractivity contribution in [2.45, 2.75) is 20.8 Å². The summed E-state index contributed by atoms with van der Waals surface area (Å²) in [6.45, 7) is 13.3. The monoisotopic (exact) mass is 494 g/mol. The van der Waals surface area contributed by atoms with Crippen molar-refractivity contribution in [1.29, 1.82) is 0 Å². The number of hydrogen-bond donors (Lipinski definition) is 2. The van der Waals surface area contributed by atoms with Crippen molar-refractivity contribution >= 4 is 33.0 Å². The van der Waals surface area contributed by atoms with Gasteiger partial charge < -0.3 is 20.4 Å². The van der Waals surface area contributed by atoms with Crippen molar-refractivity contribution in [3.63, 3.8) is 0 Å². The van der Waals surface area contributed by atoms with Gasteiger partial charge >= 0.3 is 0 Å². The maximum atomic E-state index is 11.6. The molecule has 186 valence electrons. The molecule has 1 fully saturated rings. The second-order valence-electron chi connectivity index (χ2n) is 8.89. The molecular formula is C26H34N6O2S. The standard InChI is InChI=1S/C26H34N6O2S/c1-19(22(4)35(6,33)34)8-7-9-21(3)28-25-20(2)18-27-26(30-25)29-23-10-12-24(13-11-23)32-16-14-31(5)15-17-32/h9-13,18-19H,4,14-17H2,1-3,5-6H3,(H2,27,28,29,30)/b21-9+. The Morgan fingerprint density at radius 2 is 1.86 bits per heavy atom. The second kappa shape index (κ2) is 11.4. The average Bonchev–Trinajstić information content (AvgIpc) is 2.81. The Bertz CT molecular complexity index is 1250. The van der Waals surface area contributed by atoms with Gasteiger partial charge in [-0.15, -0.1) is 0 Å². The zero-order valence-corrected chi connectivity index (χ0v) is 21.9. The highest BCUT2D eigenvalue weighted by Gasteiger charge is 2.15. The van der Waals surface area contributed by atoms with Crippen LogP contribution in [0.3, 0.4) is 0 Å². The predicted molar refractivity (Wildman–Crippen MR) is 145 cm³/mol. The molecule has 0 saturated carbocycles.